The molecule has 0 amide bonds. The van der Waals surface area contributed by atoms with Crippen LogP contribution in [0.1, 0.15) is 44.1 Å². The number of methoxy groups -OCH3 is 1. The normalized spacial score (nSPS) is 16.1. The van der Waals surface area contributed by atoms with Crippen LogP contribution in [0.3, 0.4) is 0 Å². The first-order valence-electron chi connectivity index (χ1n) is 12.5. The largest absolute Gasteiger partial charge is 0.496 e. The summed E-state index contributed by atoms with van der Waals surface area (Å²) in [6.45, 7) is 7.71. The fourth-order valence-corrected chi connectivity index (χ4v) is 5.06. The molecular formula is C29H32N4O4. The number of ether oxygens (including phenoxy) is 1. The van der Waals surface area contributed by atoms with E-state index in [4.69, 9.17) is 9.84 Å². The van der Waals surface area contributed by atoms with Crippen LogP contribution in [-0.2, 0) is 4.79 Å². The molecule has 8 heteroatoms. The number of aromatic nitrogens is 3. The van der Waals surface area contributed by atoms with E-state index in [0.717, 1.165) is 48.4 Å². The standard InChI is InChI=1S/C29H32N4O4/c1-18-25(26(34)28(35)36)27(32-14-12-29(2,3)13-15-32)33-24(30-18)17-22(31-33)20-9-7-8-19(16-20)21-10-5-6-11-23(21)37-4/h5-11,16-17,26,34H,12-15H2,1-4H3,(H,35,36)/t26-/m0/s1. The maximum atomic E-state index is 11.8. The molecule has 0 aliphatic carbocycles. The van der Waals surface area contributed by atoms with Gasteiger partial charge in [0.05, 0.1) is 18.4 Å². The minimum Gasteiger partial charge on any atom is -0.496 e. The monoisotopic (exact) mass is 500 g/mol. The highest BCUT2D eigenvalue weighted by Gasteiger charge is 2.33. The zero-order valence-corrected chi connectivity index (χ0v) is 21.6. The summed E-state index contributed by atoms with van der Waals surface area (Å²) < 4.78 is 7.24. The van der Waals surface area contributed by atoms with Crippen LogP contribution in [-0.4, -0.2) is 51.0 Å². The van der Waals surface area contributed by atoms with Crippen molar-refractivity contribution in [2.75, 3.05) is 25.1 Å². The maximum absolute atomic E-state index is 11.8. The summed E-state index contributed by atoms with van der Waals surface area (Å²) in [5.74, 6) is 0.0781. The minimum atomic E-state index is -1.69. The van der Waals surface area contributed by atoms with Crippen LogP contribution in [0.15, 0.2) is 54.6 Å². The summed E-state index contributed by atoms with van der Waals surface area (Å²) in [5.41, 5.74) is 5.17. The molecule has 0 spiro atoms. The second-order valence-electron chi connectivity index (χ2n) is 10.4. The van der Waals surface area contributed by atoms with Crippen LogP contribution in [0, 0.1) is 12.3 Å². The summed E-state index contributed by atoms with van der Waals surface area (Å²) in [6, 6.07) is 17.8. The predicted molar refractivity (Wildman–Crippen MR) is 143 cm³/mol. The smallest absolute Gasteiger partial charge is 0.337 e. The van der Waals surface area contributed by atoms with Crippen LogP contribution < -0.4 is 9.64 Å². The number of aliphatic hydroxyl groups is 1. The number of rotatable bonds is 6. The van der Waals surface area contributed by atoms with Gasteiger partial charge in [0.2, 0.25) is 0 Å². The minimum absolute atomic E-state index is 0.206. The Balaban J connectivity index is 1.65. The predicted octanol–water partition coefficient (Wildman–Crippen LogP) is 5.12. The first-order valence-corrected chi connectivity index (χ1v) is 12.5. The number of piperidine rings is 1. The SMILES string of the molecule is COc1ccccc1-c1cccc(-c2cc3nc(C)c([C@H](O)C(=O)O)c(N4CCC(C)(C)CC4)n3n2)c1. The maximum Gasteiger partial charge on any atom is 0.337 e. The van der Waals surface area contributed by atoms with E-state index < -0.39 is 12.1 Å². The van der Waals surface area contributed by atoms with Gasteiger partial charge in [-0.15, -0.1) is 0 Å². The van der Waals surface area contributed by atoms with Crippen molar-refractivity contribution >= 4 is 17.4 Å². The molecule has 1 atom stereocenters. The van der Waals surface area contributed by atoms with E-state index in [1.807, 2.05) is 48.5 Å². The number of hydrogen-bond donors (Lipinski definition) is 2. The number of hydrogen-bond acceptors (Lipinski definition) is 6. The molecule has 192 valence electrons. The van der Waals surface area contributed by atoms with Crippen LogP contribution in [0.5, 0.6) is 5.75 Å². The van der Waals surface area contributed by atoms with Gasteiger partial charge in [0.15, 0.2) is 11.8 Å². The van der Waals surface area contributed by atoms with E-state index in [2.05, 4.69) is 29.8 Å². The average molecular weight is 501 g/mol. The molecule has 0 saturated carbocycles. The Morgan fingerprint density at radius 2 is 1.76 bits per heavy atom. The van der Waals surface area contributed by atoms with E-state index in [1.165, 1.54) is 0 Å². The highest BCUT2D eigenvalue weighted by Crippen LogP contribution is 2.38. The number of nitrogens with zero attached hydrogens (tertiary/aromatic N) is 4. The summed E-state index contributed by atoms with van der Waals surface area (Å²) in [5, 5.41) is 25.2. The number of fused-ring (bicyclic) bond motifs is 1. The van der Waals surface area contributed by atoms with Gasteiger partial charge < -0.3 is 19.8 Å². The molecule has 0 radical (unpaired) electrons. The quantitative estimate of drug-likeness (QED) is 0.379. The van der Waals surface area contributed by atoms with Gasteiger partial charge in [0.1, 0.15) is 11.6 Å². The zero-order chi connectivity index (χ0) is 26.3. The number of anilines is 1. The van der Waals surface area contributed by atoms with E-state index >= 15 is 0 Å². The van der Waals surface area contributed by atoms with Gasteiger partial charge in [0.25, 0.3) is 0 Å². The van der Waals surface area contributed by atoms with Crippen molar-refractivity contribution in [3.05, 3.63) is 65.9 Å². The van der Waals surface area contributed by atoms with Crippen molar-refractivity contribution in [1.29, 1.82) is 0 Å². The Morgan fingerprint density at radius 3 is 2.46 bits per heavy atom. The second kappa shape index (κ2) is 9.52. The lowest BCUT2D eigenvalue weighted by Gasteiger charge is -2.39. The molecule has 2 N–H and O–H groups in total. The van der Waals surface area contributed by atoms with Crippen LogP contribution in [0.25, 0.3) is 28.0 Å². The number of carboxylic acid groups (broad SMARTS) is 1. The number of benzene rings is 2. The summed E-state index contributed by atoms with van der Waals surface area (Å²) in [7, 11) is 1.66. The molecule has 5 rings (SSSR count). The number of carboxylic acids is 1. The average Bonchev–Trinajstić information content (AvgIpc) is 3.31. The highest BCUT2D eigenvalue weighted by atomic mass is 16.5. The first-order chi connectivity index (χ1) is 17.7. The van der Waals surface area contributed by atoms with E-state index in [-0.39, 0.29) is 11.0 Å². The Kier molecular flexibility index (Phi) is 6.37. The molecule has 1 fully saturated rings. The zero-order valence-electron chi connectivity index (χ0n) is 21.6. The van der Waals surface area contributed by atoms with Gasteiger partial charge in [-0.1, -0.05) is 50.2 Å². The summed E-state index contributed by atoms with van der Waals surface area (Å²) >= 11 is 0. The molecule has 1 saturated heterocycles. The fraction of sp³-hybridized carbons (Fsp3) is 0.345. The molecule has 37 heavy (non-hydrogen) atoms. The second-order valence-corrected chi connectivity index (χ2v) is 10.4. The Morgan fingerprint density at radius 1 is 1.05 bits per heavy atom. The highest BCUT2D eigenvalue weighted by molar-refractivity contribution is 5.79. The molecule has 1 aliphatic rings. The van der Waals surface area contributed by atoms with Crippen molar-refractivity contribution < 1.29 is 19.7 Å². The van der Waals surface area contributed by atoms with E-state index in [9.17, 15) is 15.0 Å². The lowest BCUT2D eigenvalue weighted by molar-refractivity contribution is -0.147. The fourth-order valence-electron chi connectivity index (χ4n) is 5.06. The lowest BCUT2D eigenvalue weighted by atomic mass is 9.82. The molecule has 3 heterocycles. The third kappa shape index (κ3) is 4.64. The summed E-state index contributed by atoms with van der Waals surface area (Å²) in [6.07, 6.45) is 0.213. The van der Waals surface area contributed by atoms with Crippen molar-refractivity contribution in [3.63, 3.8) is 0 Å². The number of carbonyl (C=O) groups is 1. The van der Waals surface area contributed by atoms with Crippen LogP contribution >= 0.6 is 0 Å². The van der Waals surface area contributed by atoms with Gasteiger partial charge in [-0.05, 0) is 42.9 Å². The van der Waals surface area contributed by atoms with Gasteiger partial charge in [-0.25, -0.2) is 9.78 Å². The molecule has 0 unspecified atom stereocenters. The van der Waals surface area contributed by atoms with Crippen molar-refractivity contribution in [2.24, 2.45) is 5.41 Å². The molecule has 2 aromatic heterocycles. The van der Waals surface area contributed by atoms with Gasteiger partial charge in [-0.2, -0.15) is 9.61 Å². The van der Waals surface area contributed by atoms with E-state index in [0.29, 0.717) is 22.9 Å². The van der Waals surface area contributed by atoms with Crippen LogP contribution in [0.2, 0.25) is 0 Å². The van der Waals surface area contributed by atoms with Crippen molar-refractivity contribution in [3.8, 4) is 28.1 Å². The third-order valence-electron chi connectivity index (χ3n) is 7.30. The first kappa shape index (κ1) is 24.8. The Bertz CT molecular complexity index is 1470. The number of aliphatic hydroxyl groups excluding tert-OH is 1. The third-order valence-corrected chi connectivity index (χ3v) is 7.30. The summed E-state index contributed by atoms with van der Waals surface area (Å²) in [4.78, 5) is 18.6. The molecule has 4 aromatic rings. The van der Waals surface area contributed by atoms with Gasteiger partial charge >= 0.3 is 5.97 Å². The molecule has 8 nitrogen and oxygen atoms in total. The topological polar surface area (TPSA) is 100 Å². The number of para-hydroxylation sites is 1. The lowest BCUT2D eigenvalue weighted by Crippen LogP contribution is -2.39. The molecule has 1 aliphatic heterocycles. The number of aliphatic carboxylic acids is 1. The number of aryl methyl sites for hydroxylation is 1. The van der Waals surface area contributed by atoms with Crippen molar-refractivity contribution in [1.82, 2.24) is 14.6 Å². The van der Waals surface area contributed by atoms with Crippen molar-refractivity contribution in [2.45, 2.75) is 39.7 Å². The van der Waals surface area contributed by atoms with Gasteiger partial charge in [0, 0.05) is 36.0 Å². The van der Waals surface area contributed by atoms with E-state index in [1.54, 1.807) is 18.5 Å². The Labute approximate surface area is 216 Å². The van der Waals surface area contributed by atoms with Crippen LogP contribution in [0.4, 0.5) is 5.82 Å². The molecular weight excluding hydrogens is 468 g/mol. The molecule has 2 aromatic carbocycles. The van der Waals surface area contributed by atoms with Gasteiger partial charge in [-0.3, -0.25) is 0 Å². The molecule has 0 bridgehead atoms. The Hall–Kier alpha value is -3.91.